The van der Waals surface area contributed by atoms with E-state index in [2.05, 4.69) is 20.5 Å². The van der Waals surface area contributed by atoms with Crippen LogP contribution in [0.2, 0.25) is 0 Å². The molecule has 7 nitrogen and oxygen atoms in total. The van der Waals surface area contributed by atoms with Crippen molar-refractivity contribution in [2.45, 2.75) is 6.92 Å². The van der Waals surface area contributed by atoms with E-state index >= 15 is 0 Å². The van der Waals surface area contributed by atoms with E-state index in [1.165, 1.54) is 11.3 Å². The lowest BCUT2D eigenvalue weighted by molar-refractivity contribution is 0.0961. The molecule has 1 amide bonds. The number of nitrogens with one attached hydrogen (secondary N) is 2. The van der Waals surface area contributed by atoms with Gasteiger partial charge in [0.15, 0.2) is 5.13 Å². The molecule has 1 aliphatic rings. The molecule has 9 heteroatoms. The molecule has 2 heterocycles. The second-order valence-corrected chi connectivity index (χ2v) is 7.48. The van der Waals surface area contributed by atoms with Crippen LogP contribution in [0.4, 0.5) is 10.9 Å². The zero-order valence-electron chi connectivity index (χ0n) is 12.1. The molecular formula is C12H21N5O2S2. The minimum atomic E-state index is -0.877. The standard InChI is InChI=1S/C12H21N5O2S2/c1-2-21(19)8-5-15-11(18)9-10(13)16-12(20-9)17-6-3-14-4-7-17/h14H,2-8,13H2,1H3,(H,15,18). The molecular weight excluding hydrogens is 310 g/mol. The van der Waals surface area contributed by atoms with Crippen molar-refractivity contribution in [1.29, 1.82) is 0 Å². The Morgan fingerprint density at radius 3 is 2.90 bits per heavy atom. The lowest BCUT2D eigenvalue weighted by Crippen LogP contribution is -2.43. The van der Waals surface area contributed by atoms with Gasteiger partial charge in [0.05, 0.1) is 0 Å². The van der Waals surface area contributed by atoms with E-state index in [9.17, 15) is 9.00 Å². The summed E-state index contributed by atoms with van der Waals surface area (Å²) in [7, 11) is -0.877. The summed E-state index contributed by atoms with van der Waals surface area (Å²) in [4.78, 5) is 18.9. The predicted octanol–water partition coefficient (Wildman–Crippen LogP) is -0.367. The molecule has 21 heavy (non-hydrogen) atoms. The van der Waals surface area contributed by atoms with Gasteiger partial charge in [0.1, 0.15) is 10.7 Å². The van der Waals surface area contributed by atoms with Gasteiger partial charge in [-0.05, 0) is 0 Å². The van der Waals surface area contributed by atoms with Crippen molar-refractivity contribution in [1.82, 2.24) is 15.6 Å². The van der Waals surface area contributed by atoms with Crippen LogP contribution in [0.5, 0.6) is 0 Å². The molecule has 4 N–H and O–H groups in total. The summed E-state index contributed by atoms with van der Waals surface area (Å²) in [6.07, 6.45) is 0. The summed E-state index contributed by atoms with van der Waals surface area (Å²) in [5, 5.41) is 6.81. The highest BCUT2D eigenvalue weighted by Gasteiger charge is 2.20. The van der Waals surface area contributed by atoms with Crippen molar-refractivity contribution in [2.24, 2.45) is 0 Å². The van der Waals surface area contributed by atoms with E-state index in [4.69, 9.17) is 5.73 Å². The van der Waals surface area contributed by atoms with Gasteiger partial charge in [-0.1, -0.05) is 18.3 Å². The predicted molar refractivity (Wildman–Crippen MR) is 87.5 cm³/mol. The third kappa shape index (κ3) is 4.39. The van der Waals surface area contributed by atoms with Gasteiger partial charge in [-0.2, -0.15) is 0 Å². The number of nitrogens with two attached hydrogens (primary N) is 1. The molecule has 1 saturated heterocycles. The molecule has 0 spiro atoms. The largest absolute Gasteiger partial charge is 0.382 e. The normalized spacial score (nSPS) is 16.7. The Kier molecular flexibility index (Phi) is 5.95. The highest BCUT2D eigenvalue weighted by Crippen LogP contribution is 2.28. The number of aromatic nitrogens is 1. The fourth-order valence-electron chi connectivity index (χ4n) is 1.98. The molecule has 0 bridgehead atoms. The van der Waals surface area contributed by atoms with Gasteiger partial charge in [0.25, 0.3) is 5.91 Å². The number of anilines is 2. The summed E-state index contributed by atoms with van der Waals surface area (Å²) in [5.41, 5.74) is 5.84. The average Bonchev–Trinajstić information content (AvgIpc) is 2.90. The summed E-state index contributed by atoms with van der Waals surface area (Å²) in [6, 6.07) is 0. The summed E-state index contributed by atoms with van der Waals surface area (Å²) >= 11 is 1.31. The van der Waals surface area contributed by atoms with Crippen molar-refractivity contribution >= 4 is 39.0 Å². The minimum Gasteiger partial charge on any atom is -0.382 e. The molecule has 1 aromatic heterocycles. The molecule has 1 aromatic rings. The van der Waals surface area contributed by atoms with Crippen LogP contribution in [0.25, 0.3) is 0 Å². The number of rotatable bonds is 6. The fourth-order valence-corrected chi connectivity index (χ4v) is 3.55. The van der Waals surface area contributed by atoms with Gasteiger partial charge in [-0.25, -0.2) is 4.98 Å². The fraction of sp³-hybridized carbons (Fsp3) is 0.667. The lowest BCUT2D eigenvalue weighted by atomic mass is 10.4. The van der Waals surface area contributed by atoms with Gasteiger partial charge in [0, 0.05) is 55.0 Å². The monoisotopic (exact) mass is 331 g/mol. The number of hydrogen-bond donors (Lipinski definition) is 3. The van der Waals surface area contributed by atoms with Crippen molar-refractivity contribution in [3.05, 3.63) is 4.88 Å². The van der Waals surface area contributed by atoms with Crippen LogP contribution >= 0.6 is 11.3 Å². The Bertz CT molecular complexity index is 514. The first-order valence-corrected chi connectivity index (χ1v) is 9.27. The van der Waals surface area contributed by atoms with E-state index in [0.29, 0.717) is 22.9 Å². The zero-order valence-corrected chi connectivity index (χ0v) is 13.7. The first-order chi connectivity index (χ1) is 10.1. The number of amides is 1. The third-order valence-corrected chi connectivity index (χ3v) is 5.61. The van der Waals surface area contributed by atoms with E-state index in [1.54, 1.807) is 0 Å². The van der Waals surface area contributed by atoms with Crippen molar-refractivity contribution in [2.75, 3.05) is 54.9 Å². The van der Waals surface area contributed by atoms with Crippen LogP contribution in [-0.2, 0) is 10.8 Å². The van der Waals surface area contributed by atoms with Crippen LogP contribution in [-0.4, -0.2) is 59.3 Å². The second-order valence-electron chi connectivity index (χ2n) is 4.64. The van der Waals surface area contributed by atoms with Crippen LogP contribution in [0.15, 0.2) is 0 Å². The molecule has 0 aromatic carbocycles. The quantitative estimate of drug-likeness (QED) is 0.658. The molecule has 0 aliphatic carbocycles. The molecule has 0 saturated carbocycles. The molecule has 118 valence electrons. The Hall–Kier alpha value is -1.19. The molecule has 1 unspecified atom stereocenters. The third-order valence-electron chi connectivity index (χ3n) is 3.17. The number of nitrogen functional groups attached to an aromatic ring is 1. The van der Waals surface area contributed by atoms with Crippen molar-refractivity contribution < 1.29 is 9.00 Å². The number of thiazole rings is 1. The maximum atomic E-state index is 12.1. The topological polar surface area (TPSA) is 100 Å². The molecule has 0 radical (unpaired) electrons. The zero-order chi connectivity index (χ0) is 15.2. The lowest BCUT2D eigenvalue weighted by Gasteiger charge is -2.26. The van der Waals surface area contributed by atoms with Gasteiger partial charge in [-0.3, -0.25) is 9.00 Å². The SMILES string of the molecule is CCS(=O)CCNC(=O)c1sc(N2CCNCC2)nc1N. The Morgan fingerprint density at radius 2 is 2.24 bits per heavy atom. The molecule has 1 aliphatic heterocycles. The van der Waals surface area contributed by atoms with E-state index in [-0.39, 0.29) is 11.7 Å². The molecule has 1 fully saturated rings. The number of carbonyl (C=O) groups is 1. The minimum absolute atomic E-state index is 0.237. The maximum Gasteiger partial charge on any atom is 0.265 e. The Morgan fingerprint density at radius 1 is 1.52 bits per heavy atom. The van der Waals surface area contributed by atoms with E-state index < -0.39 is 10.8 Å². The van der Waals surface area contributed by atoms with Gasteiger partial charge in [0.2, 0.25) is 0 Å². The van der Waals surface area contributed by atoms with Crippen molar-refractivity contribution in [3.63, 3.8) is 0 Å². The molecule has 1 atom stereocenters. The van der Waals surface area contributed by atoms with Crippen LogP contribution in [0, 0.1) is 0 Å². The van der Waals surface area contributed by atoms with Gasteiger partial charge >= 0.3 is 0 Å². The molecule has 2 rings (SSSR count). The summed E-state index contributed by atoms with van der Waals surface area (Å²) < 4.78 is 11.3. The first-order valence-electron chi connectivity index (χ1n) is 6.97. The van der Waals surface area contributed by atoms with Crippen molar-refractivity contribution in [3.8, 4) is 0 Å². The highest BCUT2D eigenvalue weighted by atomic mass is 32.2. The maximum absolute atomic E-state index is 12.1. The van der Waals surface area contributed by atoms with Gasteiger partial charge < -0.3 is 21.3 Å². The van der Waals surface area contributed by atoms with Crippen LogP contribution in [0.1, 0.15) is 16.6 Å². The number of hydrogen-bond acceptors (Lipinski definition) is 7. The highest BCUT2D eigenvalue weighted by molar-refractivity contribution is 7.84. The summed E-state index contributed by atoms with van der Waals surface area (Å²) in [5.74, 6) is 1.10. The first kappa shape index (κ1) is 16.2. The number of nitrogens with zero attached hydrogens (tertiary/aromatic N) is 2. The van der Waals surface area contributed by atoms with E-state index in [1.807, 2.05) is 6.92 Å². The van der Waals surface area contributed by atoms with Crippen LogP contribution < -0.4 is 21.3 Å². The second kappa shape index (κ2) is 7.71. The smallest absolute Gasteiger partial charge is 0.265 e. The average molecular weight is 331 g/mol. The number of piperazine rings is 1. The summed E-state index contributed by atoms with van der Waals surface area (Å²) in [6.45, 7) is 5.79. The Balaban J connectivity index is 1.94. The van der Waals surface area contributed by atoms with E-state index in [0.717, 1.165) is 31.3 Å². The van der Waals surface area contributed by atoms with Crippen LogP contribution in [0.3, 0.4) is 0 Å². The van der Waals surface area contributed by atoms with Gasteiger partial charge in [-0.15, -0.1) is 0 Å². The number of carbonyl (C=O) groups excluding carboxylic acids is 1. The Labute approximate surface area is 130 Å².